The van der Waals surface area contributed by atoms with Gasteiger partial charge in [0.05, 0.1) is 17.4 Å². The minimum absolute atomic E-state index is 0.175. The summed E-state index contributed by atoms with van der Waals surface area (Å²) >= 11 is 0. The molecule has 0 radical (unpaired) electrons. The maximum Gasteiger partial charge on any atom is 0.253 e. The Balaban J connectivity index is 1.92. The molecule has 1 aliphatic rings. The first kappa shape index (κ1) is 13.0. The normalized spacial score (nSPS) is 18.3. The van der Waals surface area contributed by atoms with E-state index < -0.39 is 17.3 Å². The van der Waals surface area contributed by atoms with E-state index in [0.717, 1.165) is 31.5 Å². The highest BCUT2D eigenvalue weighted by Gasteiger charge is 2.29. The van der Waals surface area contributed by atoms with Gasteiger partial charge in [0.2, 0.25) is 0 Å². The number of amides is 1. The van der Waals surface area contributed by atoms with Gasteiger partial charge in [0.1, 0.15) is 5.82 Å². The van der Waals surface area contributed by atoms with Crippen molar-refractivity contribution in [3.63, 3.8) is 0 Å². The molecular formula is C13H17FN2O2. The van der Waals surface area contributed by atoms with Gasteiger partial charge in [0, 0.05) is 12.7 Å². The van der Waals surface area contributed by atoms with Crippen molar-refractivity contribution in [2.24, 2.45) is 0 Å². The van der Waals surface area contributed by atoms with Crippen LogP contribution in [0.5, 0.6) is 0 Å². The number of hydrogen-bond acceptors (Lipinski definition) is 3. The molecule has 0 spiro atoms. The molecule has 1 heterocycles. The van der Waals surface area contributed by atoms with Crippen LogP contribution in [0.1, 0.15) is 42.5 Å². The third-order valence-corrected chi connectivity index (χ3v) is 3.33. The SMILES string of the molecule is O=C(NCC1(O)CCCCC1)c1cncc(F)c1. The summed E-state index contributed by atoms with van der Waals surface area (Å²) in [5.74, 6) is -0.944. The first-order valence-electron chi connectivity index (χ1n) is 6.20. The van der Waals surface area contributed by atoms with E-state index in [2.05, 4.69) is 10.3 Å². The zero-order valence-corrected chi connectivity index (χ0v) is 10.2. The summed E-state index contributed by atoms with van der Waals surface area (Å²) in [5, 5.41) is 12.9. The highest BCUT2D eigenvalue weighted by atomic mass is 19.1. The number of hydrogen-bond donors (Lipinski definition) is 2. The topological polar surface area (TPSA) is 62.2 Å². The van der Waals surface area contributed by atoms with Crippen molar-refractivity contribution in [3.8, 4) is 0 Å². The molecule has 1 aliphatic carbocycles. The number of aromatic nitrogens is 1. The van der Waals surface area contributed by atoms with Gasteiger partial charge in [-0.1, -0.05) is 19.3 Å². The van der Waals surface area contributed by atoms with Crippen molar-refractivity contribution in [1.29, 1.82) is 0 Å². The first-order valence-corrected chi connectivity index (χ1v) is 6.20. The van der Waals surface area contributed by atoms with Gasteiger partial charge < -0.3 is 10.4 Å². The number of pyridine rings is 1. The predicted molar refractivity (Wildman–Crippen MR) is 64.6 cm³/mol. The van der Waals surface area contributed by atoms with Gasteiger partial charge in [0.15, 0.2) is 0 Å². The predicted octanol–water partition coefficient (Wildman–Crippen LogP) is 1.65. The molecule has 0 aromatic carbocycles. The van der Waals surface area contributed by atoms with Crippen molar-refractivity contribution in [2.45, 2.75) is 37.7 Å². The number of rotatable bonds is 3. The van der Waals surface area contributed by atoms with Gasteiger partial charge in [-0.3, -0.25) is 9.78 Å². The molecule has 18 heavy (non-hydrogen) atoms. The second-order valence-electron chi connectivity index (χ2n) is 4.86. The Morgan fingerprint density at radius 1 is 1.39 bits per heavy atom. The molecule has 0 aliphatic heterocycles. The summed E-state index contributed by atoms with van der Waals surface area (Å²) < 4.78 is 12.9. The van der Waals surface area contributed by atoms with E-state index in [-0.39, 0.29) is 12.1 Å². The van der Waals surface area contributed by atoms with Gasteiger partial charge in [-0.2, -0.15) is 0 Å². The molecule has 1 fully saturated rings. The molecule has 2 N–H and O–H groups in total. The largest absolute Gasteiger partial charge is 0.388 e. The molecule has 1 aromatic rings. The van der Waals surface area contributed by atoms with Gasteiger partial charge in [0.25, 0.3) is 5.91 Å². The molecule has 0 unspecified atom stereocenters. The lowest BCUT2D eigenvalue weighted by molar-refractivity contribution is 0.00525. The van der Waals surface area contributed by atoms with E-state index >= 15 is 0 Å². The lowest BCUT2D eigenvalue weighted by atomic mass is 9.85. The number of carbonyl (C=O) groups is 1. The fraction of sp³-hybridized carbons (Fsp3) is 0.538. The van der Waals surface area contributed by atoms with Crippen LogP contribution >= 0.6 is 0 Å². The minimum Gasteiger partial charge on any atom is -0.388 e. The number of nitrogens with one attached hydrogen (secondary N) is 1. The first-order chi connectivity index (χ1) is 8.59. The van der Waals surface area contributed by atoms with E-state index in [9.17, 15) is 14.3 Å². The molecule has 1 aromatic heterocycles. The van der Waals surface area contributed by atoms with E-state index in [1.165, 1.54) is 6.20 Å². The maximum absolute atomic E-state index is 12.9. The molecule has 0 atom stereocenters. The Bertz CT molecular complexity index is 431. The van der Waals surface area contributed by atoms with Gasteiger partial charge in [-0.15, -0.1) is 0 Å². The highest BCUT2D eigenvalue weighted by Crippen LogP contribution is 2.27. The molecule has 0 bridgehead atoms. The van der Waals surface area contributed by atoms with Gasteiger partial charge in [-0.25, -0.2) is 4.39 Å². The summed E-state index contributed by atoms with van der Waals surface area (Å²) in [6.45, 7) is 0.211. The van der Waals surface area contributed by atoms with E-state index in [0.29, 0.717) is 12.8 Å². The second-order valence-corrected chi connectivity index (χ2v) is 4.86. The Kier molecular flexibility index (Phi) is 3.91. The fourth-order valence-corrected chi connectivity index (χ4v) is 2.27. The summed E-state index contributed by atoms with van der Waals surface area (Å²) in [6, 6.07) is 1.13. The van der Waals surface area contributed by atoms with Crippen LogP contribution in [0.15, 0.2) is 18.5 Å². The number of aliphatic hydroxyl groups is 1. The molecule has 98 valence electrons. The van der Waals surface area contributed by atoms with Crippen molar-refractivity contribution < 1.29 is 14.3 Å². The summed E-state index contributed by atoms with van der Waals surface area (Å²) in [5.41, 5.74) is -0.635. The van der Waals surface area contributed by atoms with E-state index in [4.69, 9.17) is 0 Å². The van der Waals surface area contributed by atoms with Crippen molar-refractivity contribution >= 4 is 5.91 Å². The van der Waals surface area contributed by atoms with Crippen molar-refractivity contribution in [1.82, 2.24) is 10.3 Å². The minimum atomic E-state index is -0.811. The lowest BCUT2D eigenvalue weighted by Crippen LogP contribution is -2.44. The molecule has 1 saturated carbocycles. The van der Waals surface area contributed by atoms with Crippen LogP contribution in [0.2, 0.25) is 0 Å². The average molecular weight is 252 g/mol. The molecule has 1 amide bonds. The molecule has 2 rings (SSSR count). The smallest absolute Gasteiger partial charge is 0.253 e. The Morgan fingerprint density at radius 3 is 2.78 bits per heavy atom. The van der Waals surface area contributed by atoms with Gasteiger partial charge >= 0.3 is 0 Å². The second kappa shape index (κ2) is 5.44. The third-order valence-electron chi connectivity index (χ3n) is 3.33. The van der Waals surface area contributed by atoms with Crippen LogP contribution in [0.3, 0.4) is 0 Å². The van der Waals surface area contributed by atoms with Crippen LogP contribution in [0.25, 0.3) is 0 Å². The average Bonchev–Trinajstić information content (AvgIpc) is 2.37. The van der Waals surface area contributed by atoms with Crippen LogP contribution in [-0.4, -0.2) is 28.1 Å². The summed E-state index contributed by atoms with van der Waals surface area (Å²) in [4.78, 5) is 15.4. The Hall–Kier alpha value is -1.49. The maximum atomic E-state index is 12.9. The molecular weight excluding hydrogens is 235 g/mol. The number of halogens is 1. The monoisotopic (exact) mass is 252 g/mol. The quantitative estimate of drug-likeness (QED) is 0.859. The van der Waals surface area contributed by atoms with Crippen molar-refractivity contribution in [3.05, 3.63) is 29.8 Å². The number of carbonyl (C=O) groups excluding carboxylic acids is 1. The molecule has 0 saturated heterocycles. The van der Waals surface area contributed by atoms with Crippen LogP contribution in [-0.2, 0) is 0 Å². The summed E-state index contributed by atoms with van der Waals surface area (Å²) in [7, 11) is 0. The van der Waals surface area contributed by atoms with Crippen LogP contribution in [0.4, 0.5) is 4.39 Å². The fourth-order valence-electron chi connectivity index (χ4n) is 2.27. The molecule has 5 heteroatoms. The summed E-state index contributed by atoms with van der Waals surface area (Å²) in [6.07, 6.45) is 6.85. The van der Waals surface area contributed by atoms with Crippen molar-refractivity contribution in [2.75, 3.05) is 6.54 Å². The van der Waals surface area contributed by atoms with Crippen LogP contribution < -0.4 is 5.32 Å². The lowest BCUT2D eigenvalue weighted by Gasteiger charge is -2.32. The zero-order chi connectivity index (χ0) is 13.0. The third kappa shape index (κ3) is 3.26. The number of nitrogens with zero attached hydrogens (tertiary/aromatic N) is 1. The Morgan fingerprint density at radius 2 is 2.11 bits per heavy atom. The highest BCUT2D eigenvalue weighted by molar-refractivity contribution is 5.93. The standard InChI is InChI=1S/C13H17FN2O2/c14-11-6-10(7-15-8-11)12(17)16-9-13(18)4-2-1-3-5-13/h6-8,18H,1-5,9H2,(H,16,17). The van der Waals surface area contributed by atoms with Gasteiger partial charge in [-0.05, 0) is 18.9 Å². The molecule has 4 nitrogen and oxygen atoms in total. The Labute approximate surface area is 105 Å². The van der Waals surface area contributed by atoms with E-state index in [1.54, 1.807) is 0 Å². The van der Waals surface area contributed by atoms with Crippen LogP contribution in [0, 0.1) is 5.82 Å². The van der Waals surface area contributed by atoms with E-state index in [1.807, 2.05) is 0 Å². The zero-order valence-electron chi connectivity index (χ0n) is 10.2.